The molecule has 0 unspecified atom stereocenters. The minimum absolute atomic E-state index is 0.217. The van der Waals surface area contributed by atoms with Crippen LogP contribution in [0.4, 0.5) is 4.39 Å². The van der Waals surface area contributed by atoms with E-state index in [1.807, 2.05) is 17.6 Å². The van der Waals surface area contributed by atoms with Crippen molar-refractivity contribution >= 4 is 33.6 Å². The van der Waals surface area contributed by atoms with Gasteiger partial charge in [0.05, 0.1) is 4.88 Å². The van der Waals surface area contributed by atoms with Gasteiger partial charge in [-0.2, -0.15) is 5.10 Å². The molecule has 0 fully saturated rings. The van der Waals surface area contributed by atoms with Crippen molar-refractivity contribution in [3.05, 3.63) is 34.9 Å². The Morgan fingerprint density at radius 3 is 3.06 bits per heavy atom. The number of aromatic nitrogens is 3. The third-order valence-corrected chi connectivity index (χ3v) is 4.18. The van der Waals surface area contributed by atoms with Gasteiger partial charge in [-0.15, -0.1) is 11.3 Å². The zero-order chi connectivity index (χ0) is 12.7. The summed E-state index contributed by atoms with van der Waals surface area (Å²) in [4.78, 5) is 0.991. The minimum atomic E-state index is -0.217. The summed E-state index contributed by atoms with van der Waals surface area (Å²) in [6.45, 7) is 2.77. The number of thiophene rings is 1. The highest BCUT2D eigenvalue weighted by Gasteiger charge is 2.11. The summed E-state index contributed by atoms with van der Waals surface area (Å²) in [6, 6.07) is 6.80. The Morgan fingerprint density at radius 2 is 2.28 bits per heavy atom. The Kier molecular flexibility index (Phi) is 2.76. The topological polar surface area (TPSA) is 33.6 Å². The highest BCUT2D eigenvalue weighted by atomic mass is 32.1. The summed E-state index contributed by atoms with van der Waals surface area (Å²) in [6.07, 6.45) is 0. The molecule has 0 radical (unpaired) electrons. The SMILES string of the molecule is CCn1c(-c2cc3ccc(F)cc3s2)n[nH]c1=S. The van der Waals surface area contributed by atoms with Crippen LogP contribution in [0, 0.1) is 10.6 Å². The molecule has 3 aromatic rings. The molecular weight excluding hydrogens is 269 g/mol. The lowest BCUT2D eigenvalue weighted by atomic mass is 10.2. The molecule has 0 aliphatic carbocycles. The predicted octanol–water partition coefficient (Wildman–Crippen LogP) is 3.98. The van der Waals surface area contributed by atoms with Gasteiger partial charge in [0.15, 0.2) is 10.6 Å². The number of benzene rings is 1. The fraction of sp³-hybridized carbons (Fsp3) is 0.167. The number of nitrogens with one attached hydrogen (secondary N) is 1. The average molecular weight is 279 g/mol. The van der Waals surface area contributed by atoms with Crippen LogP contribution in [0.15, 0.2) is 24.3 Å². The first kappa shape index (κ1) is 11.6. The van der Waals surface area contributed by atoms with Crippen LogP contribution in [0.25, 0.3) is 20.8 Å². The van der Waals surface area contributed by atoms with Gasteiger partial charge < -0.3 is 0 Å². The second-order valence-electron chi connectivity index (χ2n) is 3.89. The molecule has 0 amide bonds. The summed E-state index contributed by atoms with van der Waals surface area (Å²) in [5, 5.41) is 8.05. The lowest BCUT2D eigenvalue weighted by molar-refractivity contribution is 0.630. The highest BCUT2D eigenvalue weighted by Crippen LogP contribution is 2.32. The van der Waals surface area contributed by atoms with Gasteiger partial charge in [-0.1, -0.05) is 6.07 Å². The van der Waals surface area contributed by atoms with Crippen molar-refractivity contribution in [1.82, 2.24) is 14.8 Å². The van der Waals surface area contributed by atoms with Crippen LogP contribution < -0.4 is 0 Å². The number of fused-ring (bicyclic) bond motifs is 1. The second-order valence-corrected chi connectivity index (χ2v) is 5.36. The van der Waals surface area contributed by atoms with E-state index < -0.39 is 0 Å². The molecule has 0 atom stereocenters. The molecule has 0 bridgehead atoms. The van der Waals surface area contributed by atoms with Crippen molar-refractivity contribution in [2.45, 2.75) is 13.5 Å². The van der Waals surface area contributed by atoms with E-state index in [-0.39, 0.29) is 5.82 Å². The van der Waals surface area contributed by atoms with E-state index in [4.69, 9.17) is 12.2 Å². The maximum absolute atomic E-state index is 13.2. The Labute approximate surface area is 112 Å². The maximum Gasteiger partial charge on any atom is 0.195 e. The second kappa shape index (κ2) is 4.29. The summed E-state index contributed by atoms with van der Waals surface area (Å²) in [5.41, 5.74) is 0. The quantitative estimate of drug-likeness (QED) is 0.720. The highest BCUT2D eigenvalue weighted by molar-refractivity contribution is 7.71. The maximum atomic E-state index is 13.2. The number of aromatic amines is 1. The summed E-state index contributed by atoms with van der Waals surface area (Å²) >= 11 is 6.68. The monoisotopic (exact) mass is 279 g/mol. The third kappa shape index (κ3) is 1.77. The van der Waals surface area contributed by atoms with Gasteiger partial charge in [-0.05, 0) is 42.7 Å². The molecule has 0 saturated carbocycles. The zero-order valence-corrected chi connectivity index (χ0v) is 11.2. The minimum Gasteiger partial charge on any atom is -0.300 e. The normalized spacial score (nSPS) is 11.2. The fourth-order valence-electron chi connectivity index (χ4n) is 1.91. The molecule has 0 spiro atoms. The van der Waals surface area contributed by atoms with Gasteiger partial charge in [0.25, 0.3) is 0 Å². The van der Waals surface area contributed by atoms with Crippen molar-refractivity contribution in [3.8, 4) is 10.7 Å². The zero-order valence-electron chi connectivity index (χ0n) is 9.61. The number of halogens is 1. The van der Waals surface area contributed by atoms with Crippen LogP contribution in [-0.2, 0) is 6.54 Å². The van der Waals surface area contributed by atoms with E-state index in [1.165, 1.54) is 17.4 Å². The molecule has 0 saturated heterocycles. The van der Waals surface area contributed by atoms with Crippen molar-refractivity contribution in [3.63, 3.8) is 0 Å². The molecule has 2 heterocycles. The fourth-order valence-corrected chi connectivity index (χ4v) is 3.26. The Balaban J connectivity index is 2.22. The first-order valence-electron chi connectivity index (χ1n) is 5.53. The molecular formula is C12H10FN3S2. The van der Waals surface area contributed by atoms with E-state index in [1.54, 1.807) is 12.1 Å². The van der Waals surface area contributed by atoms with Crippen LogP contribution in [-0.4, -0.2) is 14.8 Å². The molecule has 2 aromatic heterocycles. The first-order valence-corrected chi connectivity index (χ1v) is 6.76. The van der Waals surface area contributed by atoms with Gasteiger partial charge in [-0.3, -0.25) is 9.67 Å². The van der Waals surface area contributed by atoms with E-state index >= 15 is 0 Å². The molecule has 6 heteroatoms. The molecule has 3 rings (SSSR count). The van der Waals surface area contributed by atoms with Crippen LogP contribution >= 0.6 is 23.6 Å². The Morgan fingerprint density at radius 1 is 1.44 bits per heavy atom. The van der Waals surface area contributed by atoms with Crippen molar-refractivity contribution in [2.75, 3.05) is 0 Å². The Bertz CT molecular complexity index is 769. The van der Waals surface area contributed by atoms with Crippen molar-refractivity contribution in [2.24, 2.45) is 0 Å². The molecule has 1 aromatic carbocycles. The lowest BCUT2D eigenvalue weighted by Gasteiger charge is -1.99. The van der Waals surface area contributed by atoms with E-state index in [9.17, 15) is 4.39 Å². The molecule has 1 N–H and O–H groups in total. The smallest absolute Gasteiger partial charge is 0.195 e. The van der Waals surface area contributed by atoms with Crippen LogP contribution in [0.5, 0.6) is 0 Å². The molecule has 0 aliphatic heterocycles. The molecule has 92 valence electrons. The summed E-state index contributed by atoms with van der Waals surface area (Å²) < 4.78 is 16.6. The van der Waals surface area contributed by atoms with Gasteiger partial charge in [0, 0.05) is 11.2 Å². The molecule has 0 aliphatic rings. The first-order chi connectivity index (χ1) is 8.69. The number of rotatable bonds is 2. The van der Waals surface area contributed by atoms with Crippen LogP contribution in [0.1, 0.15) is 6.92 Å². The van der Waals surface area contributed by atoms with Crippen molar-refractivity contribution < 1.29 is 4.39 Å². The van der Waals surface area contributed by atoms with Gasteiger partial charge >= 0.3 is 0 Å². The van der Waals surface area contributed by atoms with E-state index in [0.29, 0.717) is 4.77 Å². The number of hydrogen-bond acceptors (Lipinski definition) is 3. The Hall–Kier alpha value is -1.53. The number of H-pyrrole nitrogens is 1. The van der Waals surface area contributed by atoms with E-state index in [0.717, 1.165) is 27.3 Å². The van der Waals surface area contributed by atoms with Crippen LogP contribution in [0.2, 0.25) is 0 Å². The standard InChI is InChI=1S/C12H10FN3S2/c1-2-16-11(14-15-12(16)17)10-5-7-3-4-8(13)6-9(7)18-10/h3-6H,2H2,1H3,(H,15,17). The lowest BCUT2D eigenvalue weighted by Crippen LogP contribution is -1.95. The number of hydrogen-bond donors (Lipinski definition) is 1. The van der Waals surface area contributed by atoms with Gasteiger partial charge in [-0.25, -0.2) is 4.39 Å². The molecule has 3 nitrogen and oxygen atoms in total. The third-order valence-electron chi connectivity index (χ3n) is 2.78. The largest absolute Gasteiger partial charge is 0.300 e. The average Bonchev–Trinajstić information content (AvgIpc) is 2.91. The van der Waals surface area contributed by atoms with Gasteiger partial charge in [0.1, 0.15) is 5.82 Å². The van der Waals surface area contributed by atoms with Gasteiger partial charge in [0.2, 0.25) is 0 Å². The van der Waals surface area contributed by atoms with Crippen molar-refractivity contribution in [1.29, 1.82) is 0 Å². The predicted molar refractivity (Wildman–Crippen MR) is 73.9 cm³/mol. The van der Waals surface area contributed by atoms with E-state index in [2.05, 4.69) is 10.2 Å². The summed E-state index contributed by atoms with van der Waals surface area (Å²) in [5.74, 6) is 0.592. The number of nitrogens with zero attached hydrogens (tertiary/aromatic N) is 2. The van der Waals surface area contributed by atoms with Crippen LogP contribution in [0.3, 0.4) is 0 Å². The summed E-state index contributed by atoms with van der Waals surface area (Å²) in [7, 11) is 0. The molecule has 18 heavy (non-hydrogen) atoms.